The van der Waals surface area contributed by atoms with E-state index in [9.17, 15) is 7.85 Å². The van der Waals surface area contributed by atoms with Gasteiger partial charge in [0.1, 0.15) is 11.6 Å². The number of phenolic OH excluding ortho intramolecular Hbond substituents is 1. The number of hydrogen-bond donors (Lipinski definition) is 1. The van der Waals surface area contributed by atoms with Crippen molar-refractivity contribution in [2.75, 3.05) is 0 Å². The summed E-state index contributed by atoms with van der Waals surface area (Å²) in [4.78, 5) is 9.65. The Morgan fingerprint density at radius 3 is 1.95 bits per heavy atom. The van der Waals surface area contributed by atoms with Crippen molar-refractivity contribution >= 4 is 11.0 Å². The fourth-order valence-electron chi connectivity index (χ4n) is 7.60. The van der Waals surface area contributed by atoms with Crippen molar-refractivity contribution in [1.29, 1.82) is 0 Å². The molecule has 1 N–H and O–H groups in total. The summed E-state index contributed by atoms with van der Waals surface area (Å²) in [6.45, 7) is -28.4. The van der Waals surface area contributed by atoms with Crippen LogP contribution < -0.4 is 0 Å². The van der Waals surface area contributed by atoms with Crippen molar-refractivity contribution in [3.05, 3.63) is 167 Å². The first-order chi connectivity index (χ1) is 43.7. The Bertz CT molecular complexity index is 4220. The van der Waals surface area contributed by atoms with Crippen LogP contribution in [0.5, 0.6) is 5.75 Å². The average Bonchev–Trinajstić information content (AvgIpc) is 0.747. The van der Waals surface area contributed by atoms with Crippen molar-refractivity contribution in [2.24, 2.45) is 0 Å². The van der Waals surface area contributed by atoms with Crippen LogP contribution in [-0.4, -0.2) is 19.6 Å². The van der Waals surface area contributed by atoms with Crippen LogP contribution in [0.2, 0.25) is 0 Å². The number of hydrogen-bond acceptors (Lipinski definition) is 3. The Labute approximate surface area is 453 Å². The Morgan fingerprint density at radius 2 is 1.29 bits per heavy atom. The van der Waals surface area contributed by atoms with Gasteiger partial charge in [0.2, 0.25) is 0 Å². The molecule has 0 saturated carbocycles. The average molecular weight is 1080 g/mol. The summed E-state index contributed by atoms with van der Waals surface area (Å²) in [6, 6.07) is 23.4. The maximum atomic E-state index is 13.1. The quantitative estimate of drug-likeness (QED) is 0.162. The molecule has 0 aliphatic heterocycles. The van der Waals surface area contributed by atoms with Crippen molar-refractivity contribution < 1.29 is 70.0 Å². The summed E-state index contributed by atoms with van der Waals surface area (Å²) < 4.78 is 280. The van der Waals surface area contributed by atoms with Gasteiger partial charge in [-0.3, -0.25) is 9.55 Å². The van der Waals surface area contributed by atoms with E-state index in [1.807, 2.05) is 20.8 Å². The summed E-state index contributed by atoms with van der Waals surface area (Å²) in [7, 11) is 0. The number of nitrogens with zero attached hydrogens (tertiary/aromatic N) is 3. The number of aromatic nitrogens is 3. The first kappa shape index (κ1) is 22.0. The molecule has 0 bridgehead atoms. The molecule has 2 aromatic heterocycles. The fraction of sp³-hybridized carbons (Fsp3) is 0.311. The summed E-state index contributed by atoms with van der Waals surface area (Å²) in [5, 5.41) is 13.1. The van der Waals surface area contributed by atoms with E-state index in [0.717, 1.165) is 0 Å². The number of aromatic hydroxyl groups is 1. The Kier molecular flexibility index (Phi) is 5.98. The fourth-order valence-corrected chi connectivity index (χ4v) is 7.60. The number of para-hydroxylation sites is 1. The molecular weight excluding hydrogens is 986 g/mol. The zero-order valence-electron chi connectivity index (χ0n) is 68.5. The zero-order valence-corrected chi connectivity index (χ0v) is 38.8. The van der Waals surface area contributed by atoms with Crippen molar-refractivity contribution in [3.63, 3.8) is 0 Å². The van der Waals surface area contributed by atoms with E-state index in [1.54, 1.807) is 74.5 Å². The normalized spacial score (nSPS) is 21.5. The first-order valence-electron chi connectivity index (χ1n) is 36.5. The molecule has 8 aromatic rings. The van der Waals surface area contributed by atoms with Crippen molar-refractivity contribution in [3.8, 4) is 67.5 Å². The van der Waals surface area contributed by atoms with Crippen LogP contribution >= 0.6 is 0 Å². The van der Waals surface area contributed by atoms with E-state index in [2.05, 4.69) is 11.1 Å². The molecule has 0 aliphatic rings. The molecule has 0 amide bonds. The summed E-state index contributed by atoms with van der Waals surface area (Å²) in [5.41, 5.74) is -16.8. The van der Waals surface area contributed by atoms with E-state index in [4.69, 9.17) is 46.1 Å². The van der Waals surface area contributed by atoms with Gasteiger partial charge in [-0.25, -0.2) is 4.98 Å². The number of rotatable bonds is 7. The van der Waals surface area contributed by atoms with E-state index in [0.29, 0.717) is 28.3 Å². The predicted molar refractivity (Wildman–Crippen MR) is 275 cm³/mol. The van der Waals surface area contributed by atoms with Gasteiger partial charge < -0.3 is 5.11 Å². The third kappa shape index (κ3) is 9.63. The Hall–Kier alpha value is -5.57. The van der Waals surface area contributed by atoms with E-state index in [1.165, 1.54) is 41.1 Å². The minimum atomic E-state index is -4.28. The van der Waals surface area contributed by atoms with Gasteiger partial charge >= 0.3 is 0 Å². The molecule has 0 radical (unpaired) electrons. The summed E-state index contributed by atoms with van der Waals surface area (Å²) in [5.74, 6) is -3.43. The Balaban J connectivity index is 0.0000135. The van der Waals surface area contributed by atoms with Crippen LogP contribution in [0.4, 0.5) is 0 Å². The number of imidazole rings is 1. The van der Waals surface area contributed by atoms with Gasteiger partial charge in [0, 0.05) is 82.5 Å². The Morgan fingerprint density at radius 1 is 0.621 bits per heavy atom. The molecule has 0 aliphatic carbocycles. The van der Waals surface area contributed by atoms with Crippen LogP contribution in [0.25, 0.3) is 72.7 Å². The van der Waals surface area contributed by atoms with E-state index >= 15 is 0 Å². The van der Waals surface area contributed by atoms with Gasteiger partial charge in [-0.15, -0.1) is 29.3 Å². The van der Waals surface area contributed by atoms with Crippen molar-refractivity contribution in [1.82, 2.24) is 14.5 Å². The second-order valence-corrected chi connectivity index (χ2v) is 17.3. The maximum absolute atomic E-state index is 13.1. The molecule has 66 heavy (non-hydrogen) atoms. The molecule has 6 aromatic carbocycles. The molecule has 2 heterocycles. The third-order valence-electron chi connectivity index (χ3n) is 11.1. The number of fused-ring (bicyclic) bond motifs is 1. The molecule has 0 unspecified atom stereocenters. The van der Waals surface area contributed by atoms with Gasteiger partial charge in [0.05, 0.1) is 27.8 Å². The van der Waals surface area contributed by atoms with Gasteiger partial charge in [0.15, 0.2) is 0 Å². The third-order valence-corrected chi connectivity index (χ3v) is 11.1. The van der Waals surface area contributed by atoms with Crippen LogP contribution in [0.1, 0.15) is 174 Å². The molecule has 0 fully saturated rings. The SMILES string of the molecule is [2H]c1c([2H])c(C(C([2H])([2H])[2H])(C([2H])([2H])[2H])C([2H])([2H])[2H])c([2H])c([2H])c1-c1ccnc(-c2[c-]c(-c3cccc4c3nc(-c3cc(C(C([2H])([2H])[2H])(C([2H])([2H])[2H])C([2H])([2H])[2H])cc(C(C([2H])([2H])[2H])(C([2H])([2H])[2H])C([2H])([2H])[2H])c3O)n4-c3ccc(C([2H])(C)C)cc3-c3ccccc3)cc(C(C)(C)C)c2)c1.[Pt]. The topological polar surface area (TPSA) is 50.9 Å². The van der Waals surface area contributed by atoms with Crippen LogP contribution in [0, 0.1) is 6.07 Å². The summed E-state index contributed by atoms with van der Waals surface area (Å²) >= 11 is 0. The molecule has 0 saturated heterocycles. The molecular formula is C61H66N3OPt-. The van der Waals surface area contributed by atoms with E-state index in [-0.39, 0.29) is 71.8 Å². The first-order valence-corrected chi connectivity index (χ1v) is 20.5. The van der Waals surface area contributed by atoms with Crippen molar-refractivity contribution in [2.45, 2.75) is 124 Å². The molecule has 0 spiro atoms. The number of phenols is 1. The minimum absolute atomic E-state index is 0. The largest absolute Gasteiger partial charge is 0.507 e. The van der Waals surface area contributed by atoms with Gasteiger partial charge in [0.25, 0.3) is 0 Å². The van der Waals surface area contributed by atoms with Crippen LogP contribution in [0.3, 0.4) is 0 Å². The summed E-state index contributed by atoms with van der Waals surface area (Å²) in [6.07, 6.45) is 1.22. The molecule has 0 atom stereocenters. The zero-order chi connectivity index (χ0) is 73.7. The maximum Gasteiger partial charge on any atom is 0.148 e. The monoisotopic (exact) mass is 1080 g/mol. The second kappa shape index (κ2) is 17.9. The van der Waals surface area contributed by atoms with Gasteiger partial charge in [-0.2, -0.15) is 0 Å². The molecule has 5 heteroatoms. The van der Waals surface area contributed by atoms with Crippen LogP contribution in [0.15, 0.2) is 133 Å². The smallest absolute Gasteiger partial charge is 0.148 e. The van der Waals surface area contributed by atoms with E-state index < -0.39 is 153 Å². The van der Waals surface area contributed by atoms with Gasteiger partial charge in [-0.1, -0.05) is 192 Å². The van der Waals surface area contributed by atoms with Crippen LogP contribution in [-0.2, 0) is 42.7 Å². The number of pyridine rings is 1. The molecule has 342 valence electrons. The standard InChI is InChI=1S/C61H66N3O.Pt/c1-38(2)41-25-28-53(49(34-41)40-19-16-15-17-20-40)64-54-22-18-21-48(55(54)63-57(64)50-36-47(60(9,10)11)37-51(56(50)65)61(12,13)14)43-31-44(33-46(32-43)59(6,7)8)52-35-42(29-30-62-52)39-23-26-45(27-24-39)58(3,4)5;/h15-30,32-38,65H,1-14H3;/q-1;/i3D3,4D3,5D3,9D3,10D3,11D3,12D3,13D3,14D3,23D,24D,26D,27D,38D;. The minimum Gasteiger partial charge on any atom is -0.507 e. The molecule has 4 nitrogen and oxygen atoms in total. The number of benzene rings is 6. The predicted octanol–water partition coefficient (Wildman–Crippen LogP) is 16.6. The molecule has 8 rings (SSSR count). The second-order valence-electron chi connectivity index (χ2n) is 17.3. The van der Waals surface area contributed by atoms with Gasteiger partial charge in [-0.05, 0) is 91.3 Å².